The monoisotopic (exact) mass is 415 g/mol. The van der Waals surface area contributed by atoms with Gasteiger partial charge in [-0.2, -0.15) is 0 Å². The van der Waals surface area contributed by atoms with Crippen LogP contribution >= 0.6 is 11.6 Å². The average Bonchev–Trinajstić information content (AvgIpc) is 2.64. The standard InChI is InChI=1S/C18H30ClN5O2S/c1-4-24(27(3,25)26)11-7-10-21-18(20-2)23-14-12-22(13-15-23)17-9-6-5-8-16(17)19/h5-6,8-9H,4,7,10-15H2,1-3H3,(H,20,21). The van der Waals surface area contributed by atoms with Crippen LogP contribution in [0.15, 0.2) is 29.3 Å². The van der Waals surface area contributed by atoms with E-state index in [9.17, 15) is 8.42 Å². The molecule has 0 unspecified atom stereocenters. The van der Waals surface area contributed by atoms with Crippen LogP contribution < -0.4 is 10.2 Å². The first kappa shape index (κ1) is 21.8. The van der Waals surface area contributed by atoms with E-state index in [1.807, 2.05) is 31.2 Å². The molecule has 0 aromatic heterocycles. The fourth-order valence-electron chi connectivity index (χ4n) is 3.21. The van der Waals surface area contributed by atoms with E-state index in [1.54, 1.807) is 7.05 Å². The largest absolute Gasteiger partial charge is 0.367 e. The van der Waals surface area contributed by atoms with E-state index in [0.29, 0.717) is 19.6 Å². The quantitative estimate of drug-likeness (QED) is 0.417. The van der Waals surface area contributed by atoms with Crippen molar-refractivity contribution in [2.75, 3.05) is 64.0 Å². The minimum absolute atomic E-state index is 0.498. The van der Waals surface area contributed by atoms with Crippen molar-refractivity contribution >= 4 is 33.3 Å². The summed E-state index contributed by atoms with van der Waals surface area (Å²) in [5, 5.41) is 4.12. The lowest BCUT2D eigenvalue weighted by Crippen LogP contribution is -2.52. The molecular formula is C18H30ClN5O2S. The van der Waals surface area contributed by atoms with Gasteiger partial charge in [0.15, 0.2) is 5.96 Å². The summed E-state index contributed by atoms with van der Waals surface area (Å²) in [6.45, 7) is 7.02. The molecule has 0 bridgehead atoms. The third kappa shape index (κ3) is 6.26. The first-order chi connectivity index (χ1) is 12.9. The number of halogens is 1. The second-order valence-corrected chi connectivity index (χ2v) is 8.90. The maximum absolute atomic E-state index is 11.6. The summed E-state index contributed by atoms with van der Waals surface area (Å²) in [5.74, 6) is 0.858. The van der Waals surface area contributed by atoms with E-state index in [-0.39, 0.29) is 0 Å². The fraction of sp³-hybridized carbons (Fsp3) is 0.611. The molecule has 1 aromatic carbocycles. The van der Waals surface area contributed by atoms with Crippen LogP contribution in [0.2, 0.25) is 5.02 Å². The van der Waals surface area contributed by atoms with E-state index < -0.39 is 10.0 Å². The summed E-state index contributed by atoms with van der Waals surface area (Å²) >= 11 is 6.30. The maximum Gasteiger partial charge on any atom is 0.211 e. The molecule has 1 aliphatic rings. The number of para-hydroxylation sites is 1. The van der Waals surface area contributed by atoms with Crippen molar-refractivity contribution < 1.29 is 8.42 Å². The Kier molecular flexibility index (Phi) is 8.19. The first-order valence-corrected chi connectivity index (χ1v) is 11.5. The van der Waals surface area contributed by atoms with Crippen molar-refractivity contribution in [3.63, 3.8) is 0 Å². The lowest BCUT2D eigenvalue weighted by molar-refractivity contribution is 0.370. The molecule has 0 atom stereocenters. The van der Waals surface area contributed by atoms with Crippen LogP contribution in [0.3, 0.4) is 0 Å². The van der Waals surface area contributed by atoms with E-state index in [1.165, 1.54) is 10.6 Å². The number of nitrogens with zero attached hydrogens (tertiary/aromatic N) is 4. The summed E-state index contributed by atoms with van der Waals surface area (Å²) in [4.78, 5) is 8.88. The minimum atomic E-state index is -3.13. The van der Waals surface area contributed by atoms with Gasteiger partial charge in [0.1, 0.15) is 0 Å². The van der Waals surface area contributed by atoms with Gasteiger partial charge < -0.3 is 15.1 Å². The highest BCUT2D eigenvalue weighted by atomic mass is 35.5. The second kappa shape index (κ2) is 10.1. The number of piperazine rings is 1. The lowest BCUT2D eigenvalue weighted by atomic mass is 10.2. The van der Waals surface area contributed by atoms with Gasteiger partial charge >= 0.3 is 0 Å². The molecule has 0 spiro atoms. The topological polar surface area (TPSA) is 68.2 Å². The normalized spacial score (nSPS) is 16.1. The molecule has 0 saturated carbocycles. The zero-order chi connectivity index (χ0) is 19.9. The van der Waals surface area contributed by atoms with Crippen LogP contribution in [-0.4, -0.2) is 82.7 Å². The Morgan fingerprint density at radius 2 is 1.93 bits per heavy atom. The third-order valence-electron chi connectivity index (χ3n) is 4.67. The molecule has 27 heavy (non-hydrogen) atoms. The van der Waals surface area contributed by atoms with Crippen molar-refractivity contribution in [3.05, 3.63) is 29.3 Å². The van der Waals surface area contributed by atoms with E-state index >= 15 is 0 Å². The zero-order valence-corrected chi connectivity index (χ0v) is 17.9. The summed E-state index contributed by atoms with van der Waals surface area (Å²) in [6.07, 6.45) is 1.99. The van der Waals surface area contributed by atoms with Gasteiger partial charge in [-0.15, -0.1) is 0 Å². The predicted octanol–water partition coefficient (Wildman–Crippen LogP) is 1.71. The van der Waals surface area contributed by atoms with Crippen LogP contribution in [0.1, 0.15) is 13.3 Å². The number of nitrogens with one attached hydrogen (secondary N) is 1. The summed E-state index contributed by atoms with van der Waals surface area (Å²) in [7, 11) is -1.35. The number of sulfonamides is 1. The number of benzene rings is 1. The Balaban J connectivity index is 1.80. The van der Waals surface area contributed by atoms with Gasteiger partial charge in [0.25, 0.3) is 0 Å². The third-order valence-corrected chi connectivity index (χ3v) is 6.37. The molecule has 1 N–H and O–H groups in total. The number of guanidine groups is 1. The molecule has 7 nitrogen and oxygen atoms in total. The lowest BCUT2D eigenvalue weighted by Gasteiger charge is -2.38. The van der Waals surface area contributed by atoms with Gasteiger partial charge in [0.05, 0.1) is 17.0 Å². The van der Waals surface area contributed by atoms with E-state index in [2.05, 4.69) is 20.1 Å². The minimum Gasteiger partial charge on any atom is -0.367 e. The number of aliphatic imine (C=N–C) groups is 1. The molecule has 1 fully saturated rings. The van der Waals surface area contributed by atoms with Crippen molar-refractivity contribution in [1.82, 2.24) is 14.5 Å². The average molecular weight is 416 g/mol. The fourth-order valence-corrected chi connectivity index (χ4v) is 4.40. The highest BCUT2D eigenvalue weighted by Crippen LogP contribution is 2.25. The van der Waals surface area contributed by atoms with Crippen molar-refractivity contribution in [3.8, 4) is 0 Å². The van der Waals surface area contributed by atoms with Gasteiger partial charge in [-0.05, 0) is 18.6 Å². The first-order valence-electron chi connectivity index (χ1n) is 9.27. The van der Waals surface area contributed by atoms with E-state index in [0.717, 1.165) is 49.3 Å². The van der Waals surface area contributed by atoms with Crippen molar-refractivity contribution in [2.24, 2.45) is 4.99 Å². The summed E-state index contributed by atoms with van der Waals surface area (Å²) < 4.78 is 24.7. The van der Waals surface area contributed by atoms with E-state index in [4.69, 9.17) is 11.6 Å². The molecule has 0 amide bonds. The number of rotatable bonds is 7. The number of anilines is 1. The Morgan fingerprint density at radius 1 is 1.26 bits per heavy atom. The highest BCUT2D eigenvalue weighted by molar-refractivity contribution is 7.88. The van der Waals surface area contributed by atoms with Crippen LogP contribution in [0.5, 0.6) is 0 Å². The molecule has 1 aliphatic heterocycles. The van der Waals surface area contributed by atoms with Gasteiger partial charge in [-0.1, -0.05) is 30.7 Å². The van der Waals surface area contributed by atoms with Gasteiger partial charge in [-0.25, -0.2) is 12.7 Å². The number of hydrogen-bond donors (Lipinski definition) is 1. The molecule has 2 rings (SSSR count). The van der Waals surface area contributed by atoms with Gasteiger partial charge in [-0.3, -0.25) is 4.99 Å². The van der Waals surface area contributed by atoms with Crippen LogP contribution in [-0.2, 0) is 10.0 Å². The van der Waals surface area contributed by atoms with Crippen LogP contribution in [0.4, 0.5) is 5.69 Å². The smallest absolute Gasteiger partial charge is 0.211 e. The predicted molar refractivity (Wildman–Crippen MR) is 113 cm³/mol. The second-order valence-electron chi connectivity index (χ2n) is 6.51. The van der Waals surface area contributed by atoms with Crippen LogP contribution in [0.25, 0.3) is 0 Å². The Bertz CT molecular complexity index is 733. The molecule has 0 aliphatic carbocycles. The van der Waals surface area contributed by atoms with Crippen LogP contribution in [0, 0.1) is 0 Å². The summed E-state index contributed by atoms with van der Waals surface area (Å²) in [6, 6.07) is 7.91. The Hall–Kier alpha value is -1.51. The maximum atomic E-state index is 11.6. The number of hydrogen-bond acceptors (Lipinski definition) is 4. The van der Waals surface area contributed by atoms with Gasteiger partial charge in [0, 0.05) is 52.9 Å². The molecular weight excluding hydrogens is 386 g/mol. The summed E-state index contributed by atoms with van der Waals surface area (Å²) in [5.41, 5.74) is 1.07. The Morgan fingerprint density at radius 3 is 2.48 bits per heavy atom. The molecule has 152 valence electrons. The SMILES string of the molecule is CCN(CCCNC(=NC)N1CCN(c2ccccc2Cl)CC1)S(C)(=O)=O. The molecule has 0 radical (unpaired) electrons. The van der Waals surface area contributed by atoms with Gasteiger partial charge in [0.2, 0.25) is 10.0 Å². The van der Waals surface area contributed by atoms with Crippen molar-refractivity contribution in [2.45, 2.75) is 13.3 Å². The Labute approximate surface area is 168 Å². The highest BCUT2D eigenvalue weighted by Gasteiger charge is 2.21. The molecule has 9 heteroatoms. The zero-order valence-electron chi connectivity index (χ0n) is 16.4. The van der Waals surface area contributed by atoms with Crippen molar-refractivity contribution in [1.29, 1.82) is 0 Å². The molecule has 1 heterocycles. The molecule has 1 saturated heterocycles. The molecule has 1 aromatic rings.